The van der Waals surface area contributed by atoms with Gasteiger partial charge in [-0.2, -0.15) is 0 Å². The number of anilines is 1. The zero-order valence-electron chi connectivity index (χ0n) is 11.3. The third-order valence-electron chi connectivity index (χ3n) is 3.70. The summed E-state index contributed by atoms with van der Waals surface area (Å²) in [5.74, 6) is 1.16. The van der Waals surface area contributed by atoms with Gasteiger partial charge in [-0.3, -0.25) is 0 Å². The second-order valence-corrected chi connectivity index (χ2v) is 5.25. The van der Waals surface area contributed by atoms with Crippen molar-refractivity contribution in [2.75, 3.05) is 5.73 Å². The van der Waals surface area contributed by atoms with Crippen LogP contribution in [0.1, 0.15) is 37.9 Å². The maximum atomic E-state index is 6.04. The molecule has 2 aromatic rings. The van der Waals surface area contributed by atoms with Gasteiger partial charge in [0.05, 0.1) is 11.0 Å². The van der Waals surface area contributed by atoms with E-state index in [4.69, 9.17) is 5.73 Å². The van der Waals surface area contributed by atoms with Crippen LogP contribution < -0.4 is 5.73 Å². The molecule has 0 aliphatic rings. The standard InChI is InChI=1S/C14H21N3/c1-8(2)11(5)17-13-7-10(4)9(3)6-12(13)16-14(17)15/h6-8,11H,1-5H3,(H2,15,16). The molecule has 3 nitrogen and oxygen atoms in total. The van der Waals surface area contributed by atoms with Crippen LogP contribution in [0.5, 0.6) is 0 Å². The lowest BCUT2D eigenvalue weighted by Gasteiger charge is -2.19. The van der Waals surface area contributed by atoms with Crippen molar-refractivity contribution in [3.8, 4) is 0 Å². The second-order valence-electron chi connectivity index (χ2n) is 5.25. The van der Waals surface area contributed by atoms with Crippen molar-refractivity contribution in [3.05, 3.63) is 23.3 Å². The Balaban J connectivity index is 2.70. The average molecular weight is 231 g/mol. The number of benzene rings is 1. The number of hydrogen-bond acceptors (Lipinski definition) is 2. The van der Waals surface area contributed by atoms with Gasteiger partial charge in [-0.25, -0.2) is 4.98 Å². The molecule has 3 heteroatoms. The van der Waals surface area contributed by atoms with Gasteiger partial charge in [-0.05, 0) is 49.9 Å². The van der Waals surface area contributed by atoms with E-state index in [9.17, 15) is 0 Å². The molecule has 1 aromatic heterocycles. The van der Waals surface area contributed by atoms with Gasteiger partial charge in [-0.15, -0.1) is 0 Å². The third kappa shape index (κ3) is 1.90. The van der Waals surface area contributed by atoms with Crippen LogP contribution in [-0.2, 0) is 0 Å². The summed E-state index contributed by atoms with van der Waals surface area (Å²) in [5.41, 5.74) is 10.7. The second kappa shape index (κ2) is 4.06. The van der Waals surface area contributed by atoms with Gasteiger partial charge in [0.25, 0.3) is 0 Å². The molecule has 1 aromatic carbocycles. The zero-order chi connectivity index (χ0) is 12.7. The third-order valence-corrected chi connectivity index (χ3v) is 3.70. The quantitative estimate of drug-likeness (QED) is 0.860. The first kappa shape index (κ1) is 12.0. The number of nitrogens with zero attached hydrogens (tertiary/aromatic N) is 2. The first-order chi connectivity index (χ1) is 7.91. The smallest absolute Gasteiger partial charge is 0.201 e. The Morgan fingerprint density at radius 2 is 1.71 bits per heavy atom. The summed E-state index contributed by atoms with van der Waals surface area (Å²) < 4.78 is 2.15. The Morgan fingerprint density at radius 1 is 1.12 bits per heavy atom. The molecule has 1 atom stereocenters. The maximum absolute atomic E-state index is 6.04. The Hall–Kier alpha value is -1.51. The normalized spacial score (nSPS) is 13.5. The first-order valence-corrected chi connectivity index (χ1v) is 6.16. The van der Waals surface area contributed by atoms with Crippen LogP contribution in [0.25, 0.3) is 11.0 Å². The van der Waals surface area contributed by atoms with E-state index >= 15 is 0 Å². The molecule has 0 saturated carbocycles. The largest absolute Gasteiger partial charge is 0.369 e. The van der Waals surface area contributed by atoms with Gasteiger partial charge in [0.15, 0.2) is 0 Å². The Morgan fingerprint density at radius 3 is 2.29 bits per heavy atom. The summed E-state index contributed by atoms with van der Waals surface area (Å²) >= 11 is 0. The number of aryl methyl sites for hydroxylation is 2. The molecule has 0 fully saturated rings. The minimum Gasteiger partial charge on any atom is -0.369 e. The molecule has 1 heterocycles. The van der Waals surface area contributed by atoms with Crippen LogP contribution in [0.4, 0.5) is 5.95 Å². The zero-order valence-corrected chi connectivity index (χ0v) is 11.3. The summed E-state index contributed by atoms with van der Waals surface area (Å²) in [6, 6.07) is 4.67. The number of hydrogen-bond donors (Lipinski definition) is 1. The minimum absolute atomic E-state index is 0.363. The van der Waals surface area contributed by atoms with Crippen molar-refractivity contribution >= 4 is 17.0 Å². The highest BCUT2D eigenvalue weighted by Crippen LogP contribution is 2.28. The van der Waals surface area contributed by atoms with E-state index in [-0.39, 0.29) is 0 Å². The predicted molar refractivity (Wildman–Crippen MR) is 73.2 cm³/mol. The van der Waals surface area contributed by atoms with E-state index in [0.29, 0.717) is 17.9 Å². The van der Waals surface area contributed by atoms with Crippen LogP contribution in [0.15, 0.2) is 12.1 Å². The van der Waals surface area contributed by atoms with Crippen LogP contribution in [-0.4, -0.2) is 9.55 Å². The number of imidazole rings is 1. The highest BCUT2D eigenvalue weighted by molar-refractivity contribution is 5.80. The minimum atomic E-state index is 0.363. The Kier molecular flexibility index (Phi) is 2.86. The van der Waals surface area contributed by atoms with Gasteiger partial charge < -0.3 is 10.3 Å². The van der Waals surface area contributed by atoms with Crippen molar-refractivity contribution in [1.29, 1.82) is 0 Å². The summed E-state index contributed by atoms with van der Waals surface area (Å²) in [5, 5.41) is 0. The molecule has 1 unspecified atom stereocenters. The molecule has 2 N–H and O–H groups in total. The van der Waals surface area contributed by atoms with Crippen LogP contribution in [0.3, 0.4) is 0 Å². The molecule has 0 aliphatic carbocycles. The summed E-state index contributed by atoms with van der Waals surface area (Å²) in [4.78, 5) is 4.46. The van der Waals surface area contributed by atoms with Gasteiger partial charge >= 0.3 is 0 Å². The highest BCUT2D eigenvalue weighted by Gasteiger charge is 2.17. The number of nitrogen functional groups attached to an aromatic ring is 1. The fourth-order valence-corrected chi connectivity index (χ4v) is 2.10. The molecule has 0 bridgehead atoms. The van der Waals surface area contributed by atoms with Gasteiger partial charge in [-0.1, -0.05) is 13.8 Å². The van der Waals surface area contributed by atoms with E-state index < -0.39 is 0 Å². The Labute approximate surface area is 103 Å². The summed E-state index contributed by atoms with van der Waals surface area (Å²) in [6.45, 7) is 10.8. The van der Waals surface area contributed by atoms with Gasteiger partial charge in [0.1, 0.15) is 0 Å². The lowest BCUT2D eigenvalue weighted by molar-refractivity contribution is 0.421. The molecular formula is C14H21N3. The van der Waals surface area contributed by atoms with E-state index in [1.807, 2.05) is 0 Å². The fourth-order valence-electron chi connectivity index (χ4n) is 2.10. The van der Waals surface area contributed by atoms with Crippen LogP contribution >= 0.6 is 0 Å². The average Bonchev–Trinajstić information content (AvgIpc) is 2.53. The van der Waals surface area contributed by atoms with Crippen molar-refractivity contribution in [1.82, 2.24) is 9.55 Å². The summed E-state index contributed by atoms with van der Waals surface area (Å²) in [6.07, 6.45) is 0. The Bertz CT molecular complexity index is 552. The van der Waals surface area contributed by atoms with Crippen molar-refractivity contribution in [2.45, 2.75) is 40.7 Å². The molecular weight excluding hydrogens is 210 g/mol. The topological polar surface area (TPSA) is 43.8 Å². The van der Waals surface area contributed by atoms with E-state index in [1.54, 1.807) is 0 Å². The van der Waals surface area contributed by atoms with E-state index in [0.717, 1.165) is 11.0 Å². The van der Waals surface area contributed by atoms with Crippen molar-refractivity contribution in [3.63, 3.8) is 0 Å². The van der Waals surface area contributed by atoms with Gasteiger partial charge in [0.2, 0.25) is 5.95 Å². The van der Waals surface area contributed by atoms with Crippen LogP contribution in [0, 0.1) is 19.8 Å². The fraction of sp³-hybridized carbons (Fsp3) is 0.500. The van der Waals surface area contributed by atoms with E-state index in [2.05, 4.69) is 56.3 Å². The van der Waals surface area contributed by atoms with Crippen molar-refractivity contribution in [2.24, 2.45) is 5.92 Å². The van der Waals surface area contributed by atoms with Gasteiger partial charge in [0, 0.05) is 6.04 Å². The predicted octanol–water partition coefficient (Wildman–Crippen LogP) is 3.45. The molecule has 0 radical (unpaired) electrons. The number of fused-ring (bicyclic) bond motifs is 1. The number of aromatic nitrogens is 2. The molecule has 0 aliphatic heterocycles. The van der Waals surface area contributed by atoms with E-state index in [1.165, 1.54) is 11.1 Å². The maximum Gasteiger partial charge on any atom is 0.201 e. The lowest BCUT2D eigenvalue weighted by atomic mass is 10.1. The lowest BCUT2D eigenvalue weighted by Crippen LogP contribution is -2.14. The summed E-state index contributed by atoms with van der Waals surface area (Å²) in [7, 11) is 0. The van der Waals surface area contributed by atoms with Crippen molar-refractivity contribution < 1.29 is 0 Å². The number of rotatable bonds is 2. The SMILES string of the molecule is Cc1cc2nc(N)n(C(C)C(C)C)c2cc1C. The molecule has 0 amide bonds. The molecule has 0 saturated heterocycles. The van der Waals surface area contributed by atoms with Crippen LogP contribution in [0.2, 0.25) is 0 Å². The molecule has 92 valence electrons. The first-order valence-electron chi connectivity index (χ1n) is 6.16. The monoisotopic (exact) mass is 231 g/mol. The number of nitrogens with two attached hydrogens (primary N) is 1. The molecule has 17 heavy (non-hydrogen) atoms. The molecule has 0 spiro atoms. The molecule has 2 rings (SSSR count). The highest BCUT2D eigenvalue weighted by atomic mass is 15.2.